The van der Waals surface area contributed by atoms with E-state index in [1.54, 1.807) is 19.1 Å². The SMILES string of the molecule is CCC.CCCS(=O)Nc1cc(-c2nc(N)nc(C)c2C#Cc2ccc(N)nc2)cc(C(F)(F)F)c1. The molecule has 0 amide bonds. The topological polar surface area (TPSA) is 120 Å². The molecular formula is C25H29F3N6OS. The lowest BCUT2D eigenvalue weighted by molar-refractivity contribution is -0.137. The molecule has 0 aliphatic rings. The van der Waals surface area contributed by atoms with E-state index in [1.807, 2.05) is 6.92 Å². The van der Waals surface area contributed by atoms with Crippen LogP contribution in [0, 0.1) is 18.8 Å². The fourth-order valence-electron chi connectivity index (χ4n) is 2.92. The number of aryl methyl sites for hydroxylation is 1. The Hall–Kier alpha value is -3.65. The van der Waals surface area contributed by atoms with E-state index in [1.165, 1.54) is 18.7 Å². The maximum Gasteiger partial charge on any atom is 0.416 e. The molecule has 7 nitrogen and oxygen atoms in total. The fourth-order valence-corrected chi connectivity index (χ4v) is 3.78. The summed E-state index contributed by atoms with van der Waals surface area (Å²) in [6.07, 6.45) is -1.30. The number of hydrogen-bond acceptors (Lipinski definition) is 6. The molecule has 0 aliphatic carbocycles. The first-order chi connectivity index (χ1) is 17.0. The van der Waals surface area contributed by atoms with Gasteiger partial charge in [-0.15, -0.1) is 0 Å². The number of nitrogen functional groups attached to an aromatic ring is 2. The molecule has 0 spiro atoms. The van der Waals surface area contributed by atoms with Gasteiger partial charge in [-0.25, -0.2) is 19.2 Å². The summed E-state index contributed by atoms with van der Waals surface area (Å²) in [6, 6.07) is 6.53. The molecule has 0 bridgehead atoms. The maximum absolute atomic E-state index is 13.6. The lowest BCUT2D eigenvalue weighted by Gasteiger charge is -2.14. The Kier molecular flexibility index (Phi) is 10.2. The van der Waals surface area contributed by atoms with Gasteiger partial charge in [-0.05, 0) is 43.7 Å². The normalized spacial score (nSPS) is 11.5. The van der Waals surface area contributed by atoms with Crippen LogP contribution >= 0.6 is 0 Å². The Morgan fingerprint density at radius 2 is 1.75 bits per heavy atom. The number of aromatic nitrogens is 3. The Morgan fingerprint density at radius 3 is 2.33 bits per heavy atom. The first-order valence-corrected chi connectivity index (χ1v) is 12.6. The zero-order valence-corrected chi connectivity index (χ0v) is 21.3. The van der Waals surface area contributed by atoms with Crippen LogP contribution in [0.2, 0.25) is 0 Å². The van der Waals surface area contributed by atoms with Crippen LogP contribution in [-0.4, -0.2) is 24.9 Å². The molecule has 0 saturated heterocycles. The first-order valence-electron chi connectivity index (χ1n) is 11.2. The first kappa shape index (κ1) is 28.6. The lowest BCUT2D eigenvalue weighted by Crippen LogP contribution is -2.11. The van der Waals surface area contributed by atoms with Crippen molar-refractivity contribution in [1.29, 1.82) is 0 Å². The van der Waals surface area contributed by atoms with Crippen LogP contribution in [0.25, 0.3) is 11.3 Å². The van der Waals surface area contributed by atoms with Gasteiger partial charge in [-0.3, -0.25) is 0 Å². The van der Waals surface area contributed by atoms with Crippen molar-refractivity contribution < 1.29 is 17.4 Å². The van der Waals surface area contributed by atoms with Gasteiger partial charge in [0.2, 0.25) is 5.95 Å². The van der Waals surface area contributed by atoms with E-state index in [0.717, 1.165) is 12.1 Å². The number of anilines is 3. The average molecular weight is 519 g/mol. The van der Waals surface area contributed by atoms with E-state index < -0.39 is 22.7 Å². The second-order valence-corrected chi connectivity index (χ2v) is 9.07. The third kappa shape index (κ3) is 8.23. The van der Waals surface area contributed by atoms with Crippen LogP contribution in [0.5, 0.6) is 0 Å². The fraction of sp³-hybridized carbons (Fsp3) is 0.320. The van der Waals surface area contributed by atoms with Gasteiger partial charge in [-0.1, -0.05) is 39.0 Å². The smallest absolute Gasteiger partial charge is 0.384 e. The largest absolute Gasteiger partial charge is 0.416 e. The second-order valence-electron chi connectivity index (χ2n) is 7.77. The molecule has 0 radical (unpaired) electrons. The van der Waals surface area contributed by atoms with Crippen molar-refractivity contribution in [2.45, 2.75) is 46.7 Å². The Balaban J connectivity index is 0.00000145. The molecule has 3 rings (SSSR count). The summed E-state index contributed by atoms with van der Waals surface area (Å²) >= 11 is 0. The summed E-state index contributed by atoms with van der Waals surface area (Å²) in [4.78, 5) is 12.2. The monoisotopic (exact) mass is 518 g/mol. The quantitative estimate of drug-likeness (QED) is 0.393. The Bertz CT molecular complexity index is 1270. The highest BCUT2D eigenvalue weighted by Crippen LogP contribution is 2.36. The molecule has 192 valence electrons. The van der Waals surface area contributed by atoms with Crippen molar-refractivity contribution in [3.05, 3.63) is 58.9 Å². The summed E-state index contributed by atoms with van der Waals surface area (Å²) in [5, 5.41) is 0. The van der Waals surface area contributed by atoms with E-state index in [9.17, 15) is 17.4 Å². The van der Waals surface area contributed by atoms with Gasteiger partial charge in [0.25, 0.3) is 0 Å². The summed E-state index contributed by atoms with van der Waals surface area (Å²) in [7, 11) is -1.54. The van der Waals surface area contributed by atoms with Crippen LogP contribution in [0.15, 0.2) is 36.5 Å². The molecule has 1 aromatic carbocycles. The van der Waals surface area contributed by atoms with Crippen LogP contribution in [0.4, 0.5) is 30.6 Å². The maximum atomic E-state index is 13.6. The van der Waals surface area contributed by atoms with Gasteiger partial charge in [0.1, 0.15) is 16.8 Å². The summed E-state index contributed by atoms with van der Waals surface area (Å²) in [5.41, 5.74) is 12.0. The number of nitrogens with one attached hydrogen (secondary N) is 1. The minimum Gasteiger partial charge on any atom is -0.384 e. The molecule has 1 atom stereocenters. The van der Waals surface area contributed by atoms with Crippen molar-refractivity contribution in [2.75, 3.05) is 21.9 Å². The lowest BCUT2D eigenvalue weighted by atomic mass is 10.0. The summed E-state index contributed by atoms with van der Waals surface area (Å²) < 4.78 is 55.5. The summed E-state index contributed by atoms with van der Waals surface area (Å²) in [5.74, 6) is 6.31. The number of rotatable bonds is 5. The van der Waals surface area contributed by atoms with Crippen molar-refractivity contribution in [2.24, 2.45) is 0 Å². The van der Waals surface area contributed by atoms with E-state index in [-0.39, 0.29) is 28.6 Å². The van der Waals surface area contributed by atoms with E-state index >= 15 is 0 Å². The number of nitrogens with zero attached hydrogens (tertiary/aromatic N) is 3. The molecule has 0 saturated carbocycles. The highest BCUT2D eigenvalue weighted by molar-refractivity contribution is 7.86. The van der Waals surface area contributed by atoms with Crippen molar-refractivity contribution >= 4 is 28.4 Å². The molecule has 2 heterocycles. The minimum absolute atomic E-state index is 0.0445. The zero-order valence-electron chi connectivity index (χ0n) is 20.5. The molecule has 11 heteroatoms. The predicted molar refractivity (Wildman–Crippen MR) is 139 cm³/mol. The Labute approximate surface area is 211 Å². The predicted octanol–water partition coefficient (Wildman–Crippen LogP) is 5.33. The van der Waals surface area contributed by atoms with Crippen molar-refractivity contribution in [3.8, 4) is 23.1 Å². The highest BCUT2D eigenvalue weighted by atomic mass is 32.2. The number of alkyl halides is 3. The molecule has 0 aliphatic heterocycles. The molecule has 2 aromatic heterocycles. The standard InChI is InChI=1S/C22H21F3N6OS.C3H8/c1-3-8-33(32)31-17-10-15(9-16(11-17)22(23,24)25)20-18(13(2)29-21(27)30-20)6-4-14-5-7-19(26)28-12-14;1-3-2/h5,7,9-12,31H,3,8H2,1-2H3,(H2,26,28)(H2,27,29,30);3H2,1-2H3. The summed E-state index contributed by atoms with van der Waals surface area (Å²) in [6.45, 7) is 7.71. The molecule has 3 aromatic rings. The molecule has 1 unspecified atom stereocenters. The molecular weight excluding hydrogens is 489 g/mol. The van der Waals surface area contributed by atoms with Crippen molar-refractivity contribution in [1.82, 2.24) is 15.0 Å². The van der Waals surface area contributed by atoms with E-state index in [4.69, 9.17) is 11.5 Å². The number of hydrogen-bond donors (Lipinski definition) is 3. The van der Waals surface area contributed by atoms with Crippen LogP contribution < -0.4 is 16.2 Å². The van der Waals surface area contributed by atoms with E-state index in [2.05, 4.69) is 45.4 Å². The van der Waals surface area contributed by atoms with Crippen molar-refractivity contribution in [3.63, 3.8) is 0 Å². The highest BCUT2D eigenvalue weighted by Gasteiger charge is 2.32. The minimum atomic E-state index is -4.63. The van der Waals surface area contributed by atoms with Crippen LogP contribution in [0.3, 0.4) is 0 Å². The zero-order chi connectivity index (χ0) is 26.9. The van der Waals surface area contributed by atoms with Crippen LogP contribution in [0.1, 0.15) is 56.0 Å². The van der Waals surface area contributed by atoms with Gasteiger partial charge in [0.15, 0.2) is 0 Å². The third-order valence-corrected chi connectivity index (χ3v) is 5.62. The number of nitrogens with two attached hydrogens (primary N) is 2. The third-order valence-electron chi connectivity index (χ3n) is 4.38. The Morgan fingerprint density at radius 1 is 1.06 bits per heavy atom. The van der Waals surface area contributed by atoms with E-state index in [0.29, 0.717) is 29.1 Å². The van der Waals surface area contributed by atoms with Gasteiger partial charge in [-0.2, -0.15) is 13.2 Å². The van der Waals surface area contributed by atoms with Gasteiger partial charge < -0.3 is 16.2 Å². The van der Waals surface area contributed by atoms with Crippen LogP contribution in [-0.2, 0) is 17.2 Å². The second kappa shape index (κ2) is 12.9. The molecule has 0 fully saturated rings. The number of benzene rings is 1. The average Bonchev–Trinajstić information content (AvgIpc) is 2.79. The van der Waals surface area contributed by atoms with Gasteiger partial charge in [0.05, 0.1) is 22.5 Å². The molecule has 5 N–H and O–H groups in total. The number of pyridine rings is 1. The molecule has 36 heavy (non-hydrogen) atoms. The number of halogens is 3. The van der Waals surface area contributed by atoms with Gasteiger partial charge >= 0.3 is 6.18 Å². The van der Waals surface area contributed by atoms with Gasteiger partial charge in [0, 0.05) is 28.8 Å².